The lowest BCUT2D eigenvalue weighted by atomic mass is 10.1. The largest absolute Gasteiger partial charge is 0.333 e. The molecule has 23 heavy (non-hydrogen) atoms. The van der Waals surface area contributed by atoms with Crippen molar-refractivity contribution in [3.05, 3.63) is 70.3 Å². The van der Waals surface area contributed by atoms with E-state index < -0.39 is 0 Å². The molecule has 0 radical (unpaired) electrons. The SMILES string of the molecule is Cc1ccc2c(c1)c(=O)c1c(cnn1C)n2Cc1cccnc1. The monoisotopic (exact) mass is 304 g/mol. The Kier molecular flexibility index (Phi) is 3.01. The summed E-state index contributed by atoms with van der Waals surface area (Å²) in [7, 11) is 1.81. The molecule has 0 aliphatic heterocycles. The fraction of sp³-hybridized carbons (Fsp3) is 0.167. The van der Waals surface area contributed by atoms with Crippen molar-refractivity contribution in [1.82, 2.24) is 19.3 Å². The van der Waals surface area contributed by atoms with Crippen LogP contribution in [0.1, 0.15) is 11.1 Å². The number of benzene rings is 1. The van der Waals surface area contributed by atoms with Gasteiger partial charge in [-0.3, -0.25) is 14.5 Å². The maximum atomic E-state index is 12.8. The molecule has 0 saturated carbocycles. The minimum absolute atomic E-state index is 0.0288. The molecule has 0 unspecified atom stereocenters. The topological polar surface area (TPSA) is 52.7 Å². The highest BCUT2D eigenvalue weighted by Crippen LogP contribution is 2.21. The highest BCUT2D eigenvalue weighted by Gasteiger charge is 2.14. The van der Waals surface area contributed by atoms with E-state index >= 15 is 0 Å². The summed E-state index contributed by atoms with van der Waals surface area (Å²) in [5, 5.41) is 5.01. The van der Waals surface area contributed by atoms with Gasteiger partial charge in [0.1, 0.15) is 5.52 Å². The van der Waals surface area contributed by atoms with E-state index in [1.165, 1.54) is 0 Å². The van der Waals surface area contributed by atoms with Crippen molar-refractivity contribution < 1.29 is 0 Å². The predicted octanol–water partition coefficient (Wildman–Crippen LogP) is 2.64. The third kappa shape index (κ3) is 2.12. The number of aromatic nitrogens is 4. The van der Waals surface area contributed by atoms with Crippen molar-refractivity contribution >= 4 is 21.9 Å². The van der Waals surface area contributed by atoms with E-state index in [1.54, 1.807) is 24.1 Å². The molecule has 5 nitrogen and oxygen atoms in total. The second kappa shape index (κ2) is 5.05. The molecule has 114 valence electrons. The zero-order chi connectivity index (χ0) is 16.0. The van der Waals surface area contributed by atoms with Gasteiger partial charge in [0.25, 0.3) is 0 Å². The number of hydrogen-bond acceptors (Lipinski definition) is 3. The number of fused-ring (bicyclic) bond motifs is 2. The molecule has 0 spiro atoms. The summed E-state index contributed by atoms with van der Waals surface area (Å²) in [6.07, 6.45) is 5.36. The summed E-state index contributed by atoms with van der Waals surface area (Å²) in [6, 6.07) is 9.94. The number of aryl methyl sites for hydroxylation is 2. The van der Waals surface area contributed by atoms with Gasteiger partial charge in [0.15, 0.2) is 0 Å². The Labute approximate surface area is 132 Å². The molecule has 3 aromatic heterocycles. The number of hydrogen-bond donors (Lipinski definition) is 0. The van der Waals surface area contributed by atoms with Crippen LogP contribution in [0.2, 0.25) is 0 Å². The molecule has 0 bridgehead atoms. The van der Waals surface area contributed by atoms with Crippen LogP contribution < -0.4 is 5.43 Å². The second-order valence-corrected chi connectivity index (χ2v) is 5.80. The van der Waals surface area contributed by atoms with Gasteiger partial charge in [-0.1, -0.05) is 17.7 Å². The average molecular weight is 304 g/mol. The van der Waals surface area contributed by atoms with Gasteiger partial charge in [0.2, 0.25) is 5.43 Å². The van der Waals surface area contributed by atoms with Crippen molar-refractivity contribution in [2.24, 2.45) is 7.05 Å². The molecule has 0 aliphatic carbocycles. The van der Waals surface area contributed by atoms with Gasteiger partial charge in [-0.2, -0.15) is 5.10 Å². The van der Waals surface area contributed by atoms with Crippen LogP contribution in [-0.2, 0) is 13.6 Å². The molecular formula is C18H16N4O. The maximum absolute atomic E-state index is 12.8. The molecule has 0 N–H and O–H groups in total. The summed E-state index contributed by atoms with van der Waals surface area (Å²) >= 11 is 0. The summed E-state index contributed by atoms with van der Waals surface area (Å²) in [5.41, 5.74) is 4.59. The van der Waals surface area contributed by atoms with E-state index in [1.807, 2.05) is 43.5 Å². The normalized spacial score (nSPS) is 11.4. The van der Waals surface area contributed by atoms with E-state index in [9.17, 15) is 4.79 Å². The highest BCUT2D eigenvalue weighted by molar-refractivity contribution is 5.92. The van der Waals surface area contributed by atoms with Crippen LogP contribution in [-0.4, -0.2) is 19.3 Å². The lowest BCUT2D eigenvalue weighted by Crippen LogP contribution is -2.14. The van der Waals surface area contributed by atoms with E-state index in [2.05, 4.69) is 14.6 Å². The Hall–Kier alpha value is -2.95. The zero-order valence-corrected chi connectivity index (χ0v) is 13.0. The molecule has 0 fully saturated rings. The third-order valence-electron chi connectivity index (χ3n) is 4.18. The first-order chi connectivity index (χ1) is 11.1. The summed E-state index contributed by atoms with van der Waals surface area (Å²) < 4.78 is 3.79. The number of pyridine rings is 2. The molecule has 0 aliphatic rings. The van der Waals surface area contributed by atoms with Crippen LogP contribution in [0.15, 0.2) is 53.7 Å². The quantitative estimate of drug-likeness (QED) is 0.572. The molecule has 1 aromatic carbocycles. The van der Waals surface area contributed by atoms with Gasteiger partial charge in [-0.15, -0.1) is 0 Å². The van der Waals surface area contributed by atoms with Crippen molar-refractivity contribution in [3.63, 3.8) is 0 Å². The predicted molar refractivity (Wildman–Crippen MR) is 90.6 cm³/mol. The van der Waals surface area contributed by atoms with Gasteiger partial charge in [0, 0.05) is 31.4 Å². The maximum Gasteiger partial charge on any atom is 0.215 e. The van der Waals surface area contributed by atoms with Crippen molar-refractivity contribution in [2.45, 2.75) is 13.5 Å². The molecule has 3 heterocycles. The Morgan fingerprint density at radius 1 is 1.13 bits per heavy atom. The minimum Gasteiger partial charge on any atom is -0.333 e. The van der Waals surface area contributed by atoms with Crippen LogP contribution in [0, 0.1) is 6.92 Å². The molecule has 4 rings (SSSR count). The standard InChI is InChI=1S/C18H16N4O/c1-12-5-6-15-14(8-12)18(23)17-16(10-20-21(17)2)22(15)11-13-4-3-7-19-9-13/h3-10H,11H2,1-2H3. The third-order valence-corrected chi connectivity index (χ3v) is 4.18. The van der Waals surface area contributed by atoms with Gasteiger partial charge in [-0.05, 0) is 30.7 Å². The Morgan fingerprint density at radius 2 is 2.00 bits per heavy atom. The van der Waals surface area contributed by atoms with Crippen LogP contribution in [0.5, 0.6) is 0 Å². The lowest BCUT2D eigenvalue weighted by Gasteiger charge is -2.13. The molecule has 5 heteroatoms. The fourth-order valence-electron chi connectivity index (χ4n) is 3.06. The first kappa shape index (κ1) is 13.7. The highest BCUT2D eigenvalue weighted by atomic mass is 16.1. The molecule has 0 atom stereocenters. The Balaban J connectivity index is 2.11. The lowest BCUT2D eigenvalue weighted by molar-refractivity contribution is 0.795. The smallest absolute Gasteiger partial charge is 0.215 e. The van der Waals surface area contributed by atoms with Crippen molar-refractivity contribution in [2.75, 3.05) is 0 Å². The van der Waals surface area contributed by atoms with Gasteiger partial charge in [-0.25, -0.2) is 0 Å². The fourth-order valence-corrected chi connectivity index (χ4v) is 3.06. The molecule has 4 aromatic rings. The van der Waals surface area contributed by atoms with Crippen molar-refractivity contribution in [1.29, 1.82) is 0 Å². The summed E-state index contributed by atoms with van der Waals surface area (Å²) in [5.74, 6) is 0. The second-order valence-electron chi connectivity index (χ2n) is 5.80. The Morgan fingerprint density at radius 3 is 2.78 bits per heavy atom. The van der Waals surface area contributed by atoms with Crippen molar-refractivity contribution in [3.8, 4) is 0 Å². The first-order valence-electron chi connectivity index (χ1n) is 7.49. The molecular weight excluding hydrogens is 288 g/mol. The summed E-state index contributed by atoms with van der Waals surface area (Å²) in [4.78, 5) is 17.0. The zero-order valence-electron chi connectivity index (χ0n) is 13.0. The molecule has 0 amide bonds. The van der Waals surface area contributed by atoms with E-state index in [0.717, 1.165) is 27.5 Å². The van der Waals surface area contributed by atoms with E-state index in [0.29, 0.717) is 12.1 Å². The van der Waals surface area contributed by atoms with Crippen LogP contribution in [0.25, 0.3) is 21.9 Å². The average Bonchev–Trinajstić information content (AvgIpc) is 2.94. The summed E-state index contributed by atoms with van der Waals surface area (Å²) in [6.45, 7) is 2.65. The minimum atomic E-state index is 0.0288. The van der Waals surface area contributed by atoms with Gasteiger partial charge in [0.05, 0.1) is 17.2 Å². The Bertz CT molecular complexity index is 1080. The molecule has 0 saturated heterocycles. The van der Waals surface area contributed by atoms with E-state index in [4.69, 9.17) is 0 Å². The number of rotatable bonds is 2. The van der Waals surface area contributed by atoms with Crippen LogP contribution in [0.4, 0.5) is 0 Å². The van der Waals surface area contributed by atoms with Gasteiger partial charge < -0.3 is 4.57 Å². The van der Waals surface area contributed by atoms with Crippen LogP contribution in [0.3, 0.4) is 0 Å². The van der Waals surface area contributed by atoms with E-state index in [-0.39, 0.29) is 5.43 Å². The van der Waals surface area contributed by atoms with Gasteiger partial charge >= 0.3 is 0 Å². The number of nitrogens with zero attached hydrogens (tertiary/aromatic N) is 4. The first-order valence-corrected chi connectivity index (χ1v) is 7.49. The van der Waals surface area contributed by atoms with Crippen LogP contribution >= 0.6 is 0 Å².